The Balaban J connectivity index is 2.22. The van der Waals surface area contributed by atoms with E-state index in [0.717, 1.165) is 11.8 Å². The molecule has 0 N–H and O–H groups in total. The van der Waals surface area contributed by atoms with Crippen LogP contribution < -0.4 is 0 Å². The van der Waals surface area contributed by atoms with Gasteiger partial charge < -0.3 is 4.74 Å². The quantitative estimate of drug-likeness (QED) is 0.277. The Hall–Kier alpha value is -2.32. The van der Waals surface area contributed by atoms with Crippen LogP contribution >= 0.6 is 11.8 Å². The molecule has 8 heteroatoms. The highest BCUT2D eigenvalue weighted by molar-refractivity contribution is 8.15. The smallest absolute Gasteiger partial charge is 0.367 e. The first-order valence-corrected chi connectivity index (χ1v) is 8.63. The molecule has 0 radical (unpaired) electrons. The topological polar surface area (TPSA) is 82.0 Å². The summed E-state index contributed by atoms with van der Waals surface area (Å²) in [5.74, 6) is -0.790. The lowest BCUT2D eigenvalue weighted by molar-refractivity contribution is -0.132. The van der Waals surface area contributed by atoms with Gasteiger partial charge in [0.15, 0.2) is 0 Å². The molecule has 0 heterocycles. The van der Waals surface area contributed by atoms with Crippen LogP contribution in [0.2, 0.25) is 0 Å². The van der Waals surface area contributed by atoms with Gasteiger partial charge in [-0.25, -0.2) is 4.79 Å². The minimum Gasteiger partial charge on any atom is -0.464 e. The van der Waals surface area contributed by atoms with Gasteiger partial charge >= 0.3 is 16.1 Å². The predicted octanol–water partition coefficient (Wildman–Crippen LogP) is 2.67. The van der Waals surface area contributed by atoms with Gasteiger partial charge in [-0.05, 0) is 24.3 Å². The standard InChI is InChI=1S/C15H13NO5S2/c1-20-15(17)14(22-12-8-4-2-5-9-12)16-21-23(18,19)13-10-6-3-7-11-13/h2-11H,1H3/b16-14-. The molecule has 0 aliphatic rings. The first kappa shape index (κ1) is 17.0. The molecular weight excluding hydrogens is 338 g/mol. The number of oxime groups is 1. The van der Waals surface area contributed by atoms with E-state index in [-0.39, 0.29) is 9.94 Å². The second-order valence-electron chi connectivity index (χ2n) is 4.14. The van der Waals surface area contributed by atoms with E-state index in [1.807, 2.05) is 6.07 Å². The van der Waals surface area contributed by atoms with Gasteiger partial charge in [-0.15, -0.1) is 0 Å². The fraction of sp³-hybridized carbons (Fsp3) is 0.0667. The van der Waals surface area contributed by atoms with Crippen molar-refractivity contribution in [1.29, 1.82) is 0 Å². The Kier molecular flexibility index (Phi) is 5.78. The average Bonchev–Trinajstić information content (AvgIpc) is 2.59. The van der Waals surface area contributed by atoms with Crippen LogP contribution in [0.25, 0.3) is 0 Å². The number of benzene rings is 2. The Labute approximate surface area is 138 Å². The zero-order valence-corrected chi connectivity index (χ0v) is 13.7. The number of esters is 1. The van der Waals surface area contributed by atoms with Crippen LogP contribution in [0.4, 0.5) is 0 Å². The number of nitrogens with zero attached hydrogens (tertiary/aromatic N) is 1. The summed E-state index contributed by atoms with van der Waals surface area (Å²) in [6.45, 7) is 0. The lowest BCUT2D eigenvalue weighted by atomic mass is 10.4. The van der Waals surface area contributed by atoms with Crippen molar-refractivity contribution in [2.75, 3.05) is 7.11 Å². The van der Waals surface area contributed by atoms with E-state index in [2.05, 4.69) is 14.2 Å². The number of carbonyl (C=O) groups is 1. The van der Waals surface area contributed by atoms with Gasteiger partial charge in [-0.3, -0.25) is 4.28 Å². The number of methoxy groups -OCH3 is 1. The molecule has 0 unspecified atom stereocenters. The van der Waals surface area contributed by atoms with Crippen LogP contribution in [0.3, 0.4) is 0 Å². The molecule has 23 heavy (non-hydrogen) atoms. The molecule has 0 saturated heterocycles. The maximum absolute atomic E-state index is 12.0. The molecule has 0 fully saturated rings. The minimum absolute atomic E-state index is 0.0577. The molecule has 0 aromatic heterocycles. The van der Waals surface area contributed by atoms with E-state index in [0.29, 0.717) is 4.90 Å². The van der Waals surface area contributed by atoms with E-state index in [1.165, 1.54) is 19.2 Å². The number of rotatable bonds is 4. The van der Waals surface area contributed by atoms with Crippen molar-refractivity contribution in [3.05, 3.63) is 60.7 Å². The zero-order chi connectivity index (χ0) is 16.7. The Bertz CT molecular complexity index is 789. The van der Waals surface area contributed by atoms with E-state index in [4.69, 9.17) is 0 Å². The Morgan fingerprint density at radius 3 is 2.13 bits per heavy atom. The highest BCUT2D eigenvalue weighted by atomic mass is 32.2. The average molecular weight is 351 g/mol. The van der Waals surface area contributed by atoms with E-state index in [9.17, 15) is 13.2 Å². The van der Waals surface area contributed by atoms with E-state index in [1.54, 1.807) is 42.5 Å². The summed E-state index contributed by atoms with van der Waals surface area (Å²) >= 11 is 0.943. The predicted molar refractivity (Wildman–Crippen MR) is 86.5 cm³/mol. The maximum atomic E-state index is 12.0. The molecule has 0 amide bonds. The number of carbonyl (C=O) groups excluding carboxylic acids is 1. The van der Waals surface area contributed by atoms with Crippen molar-refractivity contribution in [2.24, 2.45) is 5.16 Å². The normalized spacial score (nSPS) is 11.8. The van der Waals surface area contributed by atoms with Crippen molar-refractivity contribution in [3.63, 3.8) is 0 Å². The van der Waals surface area contributed by atoms with Crippen molar-refractivity contribution in [1.82, 2.24) is 0 Å². The third-order valence-electron chi connectivity index (χ3n) is 2.57. The van der Waals surface area contributed by atoms with Gasteiger partial charge in [0.25, 0.3) is 0 Å². The summed E-state index contributed by atoms with van der Waals surface area (Å²) in [5.41, 5.74) is 0. The molecule has 0 saturated carbocycles. The van der Waals surface area contributed by atoms with Crippen molar-refractivity contribution in [3.8, 4) is 0 Å². The number of ether oxygens (including phenoxy) is 1. The molecular formula is C15H13NO5S2. The monoisotopic (exact) mass is 351 g/mol. The minimum atomic E-state index is -4.10. The van der Waals surface area contributed by atoms with Crippen LogP contribution in [0, 0.1) is 0 Å². The summed E-state index contributed by atoms with van der Waals surface area (Å²) in [4.78, 5) is 12.4. The molecule has 0 aliphatic heterocycles. The van der Waals surface area contributed by atoms with Crippen molar-refractivity contribution >= 4 is 32.9 Å². The third kappa shape index (κ3) is 4.83. The van der Waals surface area contributed by atoms with E-state index < -0.39 is 16.1 Å². The number of hydrogen-bond donors (Lipinski definition) is 0. The first-order chi connectivity index (χ1) is 11.0. The number of hydrogen-bond acceptors (Lipinski definition) is 7. The molecule has 120 valence electrons. The van der Waals surface area contributed by atoms with Gasteiger partial charge in [0.2, 0.25) is 5.04 Å². The lowest BCUT2D eigenvalue weighted by Gasteiger charge is -2.05. The SMILES string of the molecule is COC(=O)/C(=N/OS(=O)(=O)c1ccccc1)Sc1ccccc1. The number of thioether (sulfide) groups is 1. The van der Waals surface area contributed by atoms with Gasteiger partial charge in [-0.2, -0.15) is 8.42 Å². The summed E-state index contributed by atoms with van der Waals surface area (Å²) < 4.78 is 33.2. The molecule has 2 rings (SSSR count). The summed E-state index contributed by atoms with van der Waals surface area (Å²) in [7, 11) is -2.92. The molecule has 2 aromatic rings. The molecule has 6 nitrogen and oxygen atoms in total. The van der Waals surface area contributed by atoms with Crippen molar-refractivity contribution < 1.29 is 22.2 Å². The summed E-state index contributed by atoms with van der Waals surface area (Å²) in [6.07, 6.45) is 0. The fourth-order valence-corrected chi connectivity index (χ4v) is 3.05. The Morgan fingerprint density at radius 1 is 1.00 bits per heavy atom. The molecule has 0 aliphatic carbocycles. The zero-order valence-electron chi connectivity index (χ0n) is 12.1. The Morgan fingerprint density at radius 2 is 1.57 bits per heavy atom. The highest BCUT2D eigenvalue weighted by Crippen LogP contribution is 2.21. The molecule has 0 bridgehead atoms. The highest BCUT2D eigenvalue weighted by Gasteiger charge is 2.19. The summed E-state index contributed by atoms with van der Waals surface area (Å²) in [6, 6.07) is 16.4. The third-order valence-corrected chi connectivity index (χ3v) is 4.63. The van der Waals surface area contributed by atoms with Gasteiger partial charge in [0.1, 0.15) is 4.90 Å². The van der Waals surface area contributed by atoms with Crippen LogP contribution in [0.15, 0.2) is 75.6 Å². The van der Waals surface area contributed by atoms with Crippen LogP contribution in [-0.4, -0.2) is 26.5 Å². The van der Waals surface area contributed by atoms with Gasteiger partial charge in [0, 0.05) is 4.90 Å². The molecule has 0 atom stereocenters. The second kappa shape index (κ2) is 7.80. The van der Waals surface area contributed by atoms with E-state index >= 15 is 0 Å². The maximum Gasteiger partial charge on any atom is 0.367 e. The largest absolute Gasteiger partial charge is 0.464 e. The van der Waals surface area contributed by atoms with Crippen LogP contribution in [0.5, 0.6) is 0 Å². The fourth-order valence-electron chi connectivity index (χ4n) is 1.50. The summed E-state index contributed by atoms with van der Waals surface area (Å²) in [5, 5.41) is 3.23. The van der Waals surface area contributed by atoms with Crippen molar-refractivity contribution in [2.45, 2.75) is 9.79 Å². The first-order valence-electron chi connectivity index (χ1n) is 6.41. The van der Waals surface area contributed by atoms with Crippen LogP contribution in [-0.2, 0) is 23.9 Å². The second-order valence-corrected chi connectivity index (χ2v) is 6.74. The van der Waals surface area contributed by atoms with Gasteiger partial charge in [0.05, 0.1) is 7.11 Å². The van der Waals surface area contributed by atoms with Crippen LogP contribution in [0.1, 0.15) is 0 Å². The lowest BCUT2D eigenvalue weighted by Crippen LogP contribution is -2.14. The molecule has 2 aromatic carbocycles. The van der Waals surface area contributed by atoms with Gasteiger partial charge in [-0.1, -0.05) is 53.3 Å². The molecule has 0 spiro atoms.